The summed E-state index contributed by atoms with van der Waals surface area (Å²) < 4.78 is 14.6. The topological polar surface area (TPSA) is 87.2 Å². The molecule has 2 amide bonds. The summed E-state index contributed by atoms with van der Waals surface area (Å²) in [5, 5.41) is 6.22. The molecule has 3 aromatic rings. The number of aryl methyl sites for hydroxylation is 1. The van der Waals surface area contributed by atoms with Crippen molar-refractivity contribution in [3.05, 3.63) is 75.7 Å². The van der Waals surface area contributed by atoms with Gasteiger partial charge in [-0.25, -0.2) is 14.4 Å². The largest absolute Gasteiger partial charge is 0.357 e. The first-order chi connectivity index (χ1) is 17.2. The van der Waals surface area contributed by atoms with Crippen LogP contribution in [0.3, 0.4) is 0 Å². The molecule has 1 aromatic heterocycles. The van der Waals surface area contributed by atoms with E-state index in [2.05, 4.69) is 20.6 Å². The number of halogens is 2. The maximum absolute atomic E-state index is 14.6. The lowest BCUT2D eigenvalue weighted by Crippen LogP contribution is -2.46. The van der Waals surface area contributed by atoms with Gasteiger partial charge in [0.1, 0.15) is 11.9 Å². The number of nitrogens with zero attached hydrogens (tertiary/aromatic N) is 3. The van der Waals surface area contributed by atoms with Gasteiger partial charge in [-0.2, -0.15) is 0 Å². The van der Waals surface area contributed by atoms with Gasteiger partial charge in [0.05, 0.1) is 23.0 Å². The molecule has 0 aliphatic carbocycles. The van der Waals surface area contributed by atoms with Gasteiger partial charge in [0.2, 0.25) is 11.9 Å². The number of rotatable bonds is 8. The van der Waals surface area contributed by atoms with E-state index in [4.69, 9.17) is 11.6 Å². The number of carbonyl (C=O) groups excluding carboxylic acids is 2. The first kappa shape index (κ1) is 25.6. The zero-order valence-corrected chi connectivity index (χ0v) is 21.5. The predicted molar refractivity (Wildman–Crippen MR) is 138 cm³/mol. The van der Waals surface area contributed by atoms with Gasteiger partial charge in [-0.1, -0.05) is 54.8 Å². The fourth-order valence-electron chi connectivity index (χ4n) is 4.43. The minimum absolute atomic E-state index is 0.248. The molecule has 2 heterocycles. The molecule has 9 heteroatoms. The second-order valence-corrected chi connectivity index (χ2v) is 9.40. The van der Waals surface area contributed by atoms with Crippen LogP contribution in [-0.4, -0.2) is 39.8 Å². The van der Waals surface area contributed by atoms with E-state index in [0.29, 0.717) is 46.3 Å². The fourth-order valence-corrected chi connectivity index (χ4v) is 4.63. The number of aromatic nitrogens is 2. The van der Waals surface area contributed by atoms with Crippen molar-refractivity contribution in [1.29, 1.82) is 0 Å². The number of carbonyl (C=O) groups is 2. The Morgan fingerprint density at radius 1 is 1.25 bits per heavy atom. The molecular formula is C27H29ClFN5O2. The van der Waals surface area contributed by atoms with Crippen LogP contribution in [0.15, 0.2) is 42.6 Å². The smallest absolute Gasteiger partial charge is 0.255 e. The molecule has 4 rings (SSSR count). The van der Waals surface area contributed by atoms with Gasteiger partial charge >= 0.3 is 0 Å². The molecule has 0 fully saturated rings. The van der Waals surface area contributed by atoms with Crippen molar-refractivity contribution >= 4 is 29.4 Å². The Morgan fingerprint density at radius 2 is 2.03 bits per heavy atom. The lowest BCUT2D eigenvalue weighted by atomic mass is 9.99. The number of fused-ring (bicyclic) bond motifs is 1. The number of benzene rings is 2. The van der Waals surface area contributed by atoms with Gasteiger partial charge in [-0.3, -0.25) is 9.59 Å². The molecule has 7 nitrogen and oxygen atoms in total. The van der Waals surface area contributed by atoms with Crippen LogP contribution in [0.4, 0.5) is 10.3 Å². The second kappa shape index (κ2) is 10.6. The molecule has 0 saturated carbocycles. The third-order valence-corrected chi connectivity index (χ3v) is 6.73. The van der Waals surface area contributed by atoms with E-state index in [1.54, 1.807) is 32.2 Å². The van der Waals surface area contributed by atoms with Crippen LogP contribution in [0, 0.1) is 12.7 Å². The zero-order chi connectivity index (χ0) is 26.0. The molecule has 0 radical (unpaired) electrons. The van der Waals surface area contributed by atoms with Crippen molar-refractivity contribution in [2.75, 3.05) is 12.4 Å². The highest BCUT2D eigenvalue weighted by molar-refractivity contribution is 6.33. The van der Waals surface area contributed by atoms with Crippen molar-refractivity contribution in [3.63, 3.8) is 0 Å². The average molecular weight is 510 g/mol. The number of anilines is 1. The SMILES string of the molecule is CCC[C@@H](NC(=O)[C@@H](C)N1Cc2ccc(-c3nc(NC)ncc3Cl)cc2C1=O)c1cc(C)ccc1F. The summed E-state index contributed by atoms with van der Waals surface area (Å²) in [6, 6.07) is 9.13. The first-order valence-corrected chi connectivity index (χ1v) is 12.3. The van der Waals surface area contributed by atoms with Crippen molar-refractivity contribution in [2.24, 2.45) is 0 Å². The Kier molecular flexibility index (Phi) is 7.54. The lowest BCUT2D eigenvalue weighted by Gasteiger charge is -2.27. The van der Waals surface area contributed by atoms with Crippen molar-refractivity contribution in [3.8, 4) is 11.3 Å². The molecule has 0 bridgehead atoms. The average Bonchev–Trinajstić information content (AvgIpc) is 3.20. The summed E-state index contributed by atoms with van der Waals surface area (Å²) in [5.41, 5.74) is 3.89. The van der Waals surface area contributed by atoms with Gasteiger partial charge < -0.3 is 15.5 Å². The predicted octanol–water partition coefficient (Wildman–Crippen LogP) is 5.29. The molecular weight excluding hydrogens is 481 g/mol. The van der Waals surface area contributed by atoms with Gasteiger partial charge in [-0.05, 0) is 38.0 Å². The standard InChI is InChI=1S/C27H29ClFN5O2/c1-5-6-23(20-11-15(2)7-10-22(20)29)32-25(35)16(3)34-14-18-9-8-17(12-19(18)26(34)36)24-21(28)13-31-27(30-4)33-24/h7-13,16,23H,5-6,14H2,1-4H3,(H,32,35)(H,30,31,33)/t16-,23-/m1/s1. The third-order valence-electron chi connectivity index (χ3n) is 6.45. The molecule has 188 valence electrons. The van der Waals surface area contributed by atoms with E-state index in [0.717, 1.165) is 17.5 Å². The van der Waals surface area contributed by atoms with Gasteiger partial charge in [-0.15, -0.1) is 0 Å². The molecule has 2 N–H and O–H groups in total. The molecule has 2 aromatic carbocycles. The van der Waals surface area contributed by atoms with Gasteiger partial charge in [0.15, 0.2) is 0 Å². The molecule has 1 aliphatic rings. The molecule has 0 unspecified atom stereocenters. The van der Waals surface area contributed by atoms with E-state index < -0.39 is 12.1 Å². The quantitative estimate of drug-likeness (QED) is 0.431. The highest BCUT2D eigenvalue weighted by Crippen LogP contribution is 2.32. The Balaban J connectivity index is 1.54. The highest BCUT2D eigenvalue weighted by Gasteiger charge is 2.35. The summed E-state index contributed by atoms with van der Waals surface area (Å²) in [5.74, 6) is -0.510. The monoisotopic (exact) mass is 509 g/mol. The lowest BCUT2D eigenvalue weighted by molar-refractivity contribution is -0.126. The van der Waals surface area contributed by atoms with E-state index in [1.807, 2.05) is 26.0 Å². The maximum Gasteiger partial charge on any atom is 0.255 e. The Labute approximate surface area is 215 Å². The summed E-state index contributed by atoms with van der Waals surface area (Å²) in [6.07, 6.45) is 2.86. The number of nitrogens with one attached hydrogen (secondary N) is 2. The summed E-state index contributed by atoms with van der Waals surface area (Å²) in [4.78, 5) is 36.6. The Hall–Kier alpha value is -3.52. The maximum atomic E-state index is 14.6. The second-order valence-electron chi connectivity index (χ2n) is 9.00. The van der Waals surface area contributed by atoms with Crippen LogP contribution in [0.5, 0.6) is 0 Å². The first-order valence-electron chi connectivity index (χ1n) is 11.9. The fraction of sp³-hybridized carbons (Fsp3) is 0.333. The van der Waals surface area contributed by atoms with E-state index in [-0.39, 0.29) is 17.6 Å². The van der Waals surface area contributed by atoms with Crippen molar-refractivity contribution in [1.82, 2.24) is 20.2 Å². The molecule has 36 heavy (non-hydrogen) atoms. The number of amides is 2. The molecule has 2 atom stereocenters. The number of hydrogen-bond acceptors (Lipinski definition) is 5. The minimum atomic E-state index is -0.737. The summed E-state index contributed by atoms with van der Waals surface area (Å²) in [6.45, 7) is 5.87. The van der Waals surface area contributed by atoms with Crippen LogP contribution in [0.1, 0.15) is 59.8 Å². The van der Waals surface area contributed by atoms with Crippen LogP contribution in [-0.2, 0) is 11.3 Å². The van der Waals surface area contributed by atoms with Crippen LogP contribution in [0.2, 0.25) is 5.02 Å². The van der Waals surface area contributed by atoms with Crippen LogP contribution in [0.25, 0.3) is 11.3 Å². The zero-order valence-electron chi connectivity index (χ0n) is 20.7. The van der Waals surface area contributed by atoms with Gasteiger partial charge in [0, 0.05) is 30.3 Å². The highest BCUT2D eigenvalue weighted by atomic mass is 35.5. The van der Waals surface area contributed by atoms with Crippen LogP contribution >= 0.6 is 11.6 Å². The number of hydrogen-bond donors (Lipinski definition) is 2. The third kappa shape index (κ3) is 5.04. The molecule has 0 saturated heterocycles. The Morgan fingerprint density at radius 3 is 2.75 bits per heavy atom. The Bertz CT molecular complexity index is 1320. The van der Waals surface area contributed by atoms with E-state index in [9.17, 15) is 14.0 Å². The van der Waals surface area contributed by atoms with Crippen molar-refractivity contribution in [2.45, 2.75) is 52.2 Å². The van der Waals surface area contributed by atoms with E-state index >= 15 is 0 Å². The summed E-state index contributed by atoms with van der Waals surface area (Å²) >= 11 is 6.31. The van der Waals surface area contributed by atoms with E-state index in [1.165, 1.54) is 17.2 Å². The van der Waals surface area contributed by atoms with Gasteiger partial charge in [0.25, 0.3) is 5.91 Å². The molecule has 0 spiro atoms. The minimum Gasteiger partial charge on any atom is -0.357 e. The summed E-state index contributed by atoms with van der Waals surface area (Å²) in [7, 11) is 1.71. The van der Waals surface area contributed by atoms with Crippen molar-refractivity contribution < 1.29 is 14.0 Å². The normalized spacial score (nSPS) is 14.4. The molecule has 1 aliphatic heterocycles. The van der Waals surface area contributed by atoms with Crippen LogP contribution < -0.4 is 10.6 Å².